The minimum atomic E-state index is -5.32. The minimum Gasteiger partial charge on any atom is -0.869 e. The molecule has 0 amide bonds. The van der Waals surface area contributed by atoms with Crippen molar-refractivity contribution in [3.05, 3.63) is 121 Å². The normalized spacial score (nSPS) is 11.4. The van der Waals surface area contributed by atoms with Crippen LogP contribution in [0.5, 0.6) is 11.5 Å². The Hall–Kier alpha value is -5.16. The molecule has 5 rings (SSSR count). The Morgan fingerprint density at radius 1 is 0.508 bits per heavy atom. The summed E-state index contributed by atoms with van der Waals surface area (Å²) >= 11 is 0. The number of hydrogen-bond donors (Lipinski definition) is 1. The molecular formula is C30H16CuN10Na2O14S2. The number of non-ortho nitro benzene ring substituents is 2. The molecule has 0 aliphatic heterocycles. The van der Waals surface area contributed by atoms with Crippen LogP contribution in [0.3, 0.4) is 0 Å². The largest absolute Gasteiger partial charge is 2.00 e. The maximum atomic E-state index is 13.4. The molecule has 0 atom stereocenters. The Balaban J connectivity index is 0.00000400. The van der Waals surface area contributed by atoms with Crippen molar-refractivity contribution >= 4 is 82.8 Å². The molecule has 0 aliphatic rings. The number of hydrogen-bond acceptors (Lipinski definition) is 21. The van der Waals surface area contributed by atoms with Gasteiger partial charge in [-0.05, 0) is 60.7 Å². The third kappa shape index (κ3) is 12.9. The zero-order valence-corrected chi connectivity index (χ0v) is 36.1. The molecule has 0 spiro atoms. The average molecular weight is 914 g/mol. The van der Waals surface area contributed by atoms with Crippen molar-refractivity contribution < 1.29 is 127 Å². The van der Waals surface area contributed by atoms with Gasteiger partial charge in [-0.1, -0.05) is 5.75 Å². The molecule has 24 nitrogen and oxygen atoms in total. The van der Waals surface area contributed by atoms with E-state index in [2.05, 4.69) is 36.0 Å². The smallest absolute Gasteiger partial charge is 0.869 e. The van der Waals surface area contributed by atoms with Gasteiger partial charge in [-0.15, -0.1) is 0 Å². The fourth-order valence-electron chi connectivity index (χ4n) is 4.40. The monoisotopic (exact) mass is 913 g/mol. The van der Waals surface area contributed by atoms with Crippen molar-refractivity contribution in [3.63, 3.8) is 0 Å². The molecule has 1 N–H and O–H groups in total. The second kappa shape index (κ2) is 20.7. The van der Waals surface area contributed by atoms with Crippen molar-refractivity contribution in [1.82, 2.24) is 0 Å². The zero-order valence-electron chi connectivity index (χ0n) is 29.5. The van der Waals surface area contributed by atoms with Gasteiger partial charge in [0.1, 0.15) is 20.2 Å². The molecule has 5 aromatic carbocycles. The first-order valence-electron chi connectivity index (χ1n) is 14.7. The van der Waals surface area contributed by atoms with Gasteiger partial charge >= 0.3 is 76.2 Å². The number of nitrogens with zero attached hydrogens (tertiary/aromatic N) is 9. The van der Waals surface area contributed by atoms with E-state index in [1.165, 1.54) is 36.4 Å². The maximum absolute atomic E-state index is 13.4. The van der Waals surface area contributed by atoms with Crippen molar-refractivity contribution in [2.75, 3.05) is 5.32 Å². The van der Waals surface area contributed by atoms with Crippen molar-refractivity contribution in [2.45, 2.75) is 9.79 Å². The predicted molar refractivity (Wildman–Crippen MR) is 183 cm³/mol. The topological polar surface area (TPSA) is 376 Å². The Morgan fingerprint density at radius 2 is 0.966 bits per heavy atom. The molecule has 0 heterocycles. The van der Waals surface area contributed by atoms with Gasteiger partial charge < -0.3 is 24.6 Å². The molecule has 59 heavy (non-hydrogen) atoms. The van der Waals surface area contributed by atoms with E-state index >= 15 is 0 Å². The summed E-state index contributed by atoms with van der Waals surface area (Å²) in [4.78, 5) is 28.5. The Kier molecular flexibility index (Phi) is 17.5. The van der Waals surface area contributed by atoms with Gasteiger partial charge in [0.2, 0.25) is 0 Å². The van der Waals surface area contributed by atoms with Crippen LogP contribution in [-0.2, 0) is 37.3 Å². The van der Waals surface area contributed by atoms with Crippen LogP contribution in [0.2, 0.25) is 0 Å². The van der Waals surface area contributed by atoms with E-state index in [9.17, 15) is 66.5 Å². The molecule has 0 saturated heterocycles. The number of nitro groups is 3. The van der Waals surface area contributed by atoms with E-state index in [4.69, 9.17) is 0 Å². The van der Waals surface area contributed by atoms with Crippen LogP contribution >= 0.6 is 0 Å². The van der Waals surface area contributed by atoms with Crippen LogP contribution in [0.25, 0.3) is 0 Å². The molecule has 295 valence electrons. The van der Waals surface area contributed by atoms with Gasteiger partial charge in [0.15, 0.2) is 0 Å². The fourth-order valence-corrected chi connectivity index (χ4v) is 5.56. The second-order valence-electron chi connectivity index (χ2n) is 10.8. The minimum absolute atomic E-state index is 0. The van der Waals surface area contributed by atoms with Gasteiger partial charge in [0.25, 0.3) is 17.1 Å². The quantitative estimate of drug-likeness (QED) is 0.0548. The summed E-state index contributed by atoms with van der Waals surface area (Å²) in [6.45, 7) is 0. The Morgan fingerprint density at radius 3 is 1.46 bits per heavy atom. The molecule has 0 unspecified atom stereocenters. The molecule has 5 aromatic rings. The van der Waals surface area contributed by atoms with Gasteiger partial charge in [-0.3, -0.25) is 30.3 Å². The second-order valence-corrected chi connectivity index (χ2v) is 13.5. The van der Waals surface area contributed by atoms with Gasteiger partial charge in [-0.25, -0.2) is 16.8 Å². The number of anilines is 2. The molecule has 1 radical (unpaired) electrons. The fraction of sp³-hybridized carbons (Fsp3) is 0. The van der Waals surface area contributed by atoms with E-state index in [1.807, 2.05) is 0 Å². The summed E-state index contributed by atoms with van der Waals surface area (Å²) in [6, 6.07) is 15.4. The standard InChI is InChI=1S/C30H20N10O14S2.Cu.2Na/c41-29-24(35-33-17-3-1-16(2-4-17)31-23-10-9-21(39(45)46)13-28(23)56(52,53)54)11-19(34-32-18-5-7-20(8-6-18)38(43)44)12-25(29)36-37-26-14-22(55(49,50)51)15-27(30(26)42)40(47)48;;;/h1-15,31,41-42H,(H,49,50,51)(H,52,53,54);;;/q;+2;2*+1/p-4. The van der Waals surface area contributed by atoms with E-state index < -0.39 is 84.7 Å². The number of rotatable bonds is 13. The average Bonchev–Trinajstić information content (AvgIpc) is 3.13. The SMILES string of the molecule is O=[N+]([O-])c1ccc(N=Nc2cc(N=Nc3ccc(Nc4ccc([N+](=O)[O-])cc4S(=O)(=O)[O-])cc3)c([O-])c(N=Nc3cc(S(=O)(=O)[O-])cc([N+](=O)[O-])c3[O-])c2)cc1.[Cu+2].[Na+].[Na+]. The number of azo groups is 3. The van der Waals surface area contributed by atoms with Crippen LogP contribution < -0.4 is 74.6 Å². The third-order valence-electron chi connectivity index (χ3n) is 7.01. The van der Waals surface area contributed by atoms with Crippen molar-refractivity contribution in [3.8, 4) is 11.5 Å². The number of nitro benzene ring substituents is 3. The van der Waals surface area contributed by atoms with Crippen LogP contribution in [0.15, 0.2) is 131 Å². The van der Waals surface area contributed by atoms with E-state index in [0.29, 0.717) is 12.1 Å². The predicted octanol–water partition coefficient (Wildman–Crippen LogP) is 0.362. The van der Waals surface area contributed by atoms with E-state index in [-0.39, 0.29) is 116 Å². The molecule has 0 aliphatic carbocycles. The van der Waals surface area contributed by atoms with Gasteiger partial charge in [-0.2, -0.15) is 30.7 Å². The number of nitrogens with one attached hydrogen (secondary N) is 1. The Bertz CT molecular complexity index is 2750. The van der Waals surface area contributed by atoms with Gasteiger partial charge in [0, 0.05) is 41.8 Å². The van der Waals surface area contributed by atoms with Crippen LogP contribution in [0.4, 0.5) is 62.6 Å². The summed E-state index contributed by atoms with van der Waals surface area (Å²) in [5.74, 6) is -2.46. The molecule has 0 aromatic heterocycles. The van der Waals surface area contributed by atoms with Crippen molar-refractivity contribution in [1.29, 1.82) is 0 Å². The van der Waals surface area contributed by atoms with Crippen molar-refractivity contribution in [2.24, 2.45) is 30.7 Å². The third-order valence-corrected chi connectivity index (χ3v) is 8.70. The van der Waals surface area contributed by atoms with E-state index in [1.54, 1.807) is 0 Å². The summed E-state index contributed by atoms with van der Waals surface area (Å²) < 4.78 is 69.9. The summed E-state index contributed by atoms with van der Waals surface area (Å²) in [5, 5.41) is 84.7. The first kappa shape index (κ1) is 50.0. The first-order chi connectivity index (χ1) is 26.3. The molecule has 29 heteroatoms. The van der Waals surface area contributed by atoms with Gasteiger partial charge in [0.05, 0.1) is 64.4 Å². The maximum Gasteiger partial charge on any atom is 2.00 e. The molecule has 0 fully saturated rings. The first-order valence-corrected chi connectivity index (χ1v) is 17.5. The van der Waals surface area contributed by atoms with Crippen LogP contribution in [0.1, 0.15) is 0 Å². The molecule has 0 bridgehead atoms. The summed E-state index contributed by atoms with van der Waals surface area (Å²) in [5.41, 5.74) is -4.35. The summed E-state index contributed by atoms with van der Waals surface area (Å²) in [6.07, 6.45) is 0. The molecular weight excluding hydrogens is 898 g/mol. The summed E-state index contributed by atoms with van der Waals surface area (Å²) in [7, 11) is -10.5. The van der Waals surface area contributed by atoms with Crippen LogP contribution in [0, 0.1) is 30.3 Å². The van der Waals surface area contributed by atoms with E-state index in [0.717, 1.165) is 36.4 Å². The Labute approximate surface area is 385 Å². The molecule has 0 saturated carbocycles. The number of benzene rings is 5. The zero-order chi connectivity index (χ0) is 40.9. The van der Waals surface area contributed by atoms with Crippen LogP contribution in [-0.4, -0.2) is 40.7 Å².